The van der Waals surface area contributed by atoms with Gasteiger partial charge in [-0.15, -0.1) is 0 Å². The second kappa shape index (κ2) is 5.53. The molecular formula is C16H18N2O3S. The normalized spacial score (nSPS) is 16.7. The lowest BCUT2D eigenvalue weighted by Crippen LogP contribution is -2.13. The van der Waals surface area contributed by atoms with E-state index in [0.717, 1.165) is 17.7 Å². The van der Waals surface area contributed by atoms with Crippen LogP contribution in [0.3, 0.4) is 0 Å². The topological polar surface area (TPSA) is 67.4 Å². The van der Waals surface area contributed by atoms with Gasteiger partial charge in [-0.2, -0.15) is 0 Å². The summed E-state index contributed by atoms with van der Waals surface area (Å²) >= 11 is 0. The lowest BCUT2D eigenvalue weighted by Gasteiger charge is -2.10. The summed E-state index contributed by atoms with van der Waals surface area (Å²) in [5.74, 6) is 0.681. The van der Waals surface area contributed by atoms with Crippen molar-refractivity contribution in [3.05, 3.63) is 48.0 Å². The maximum Gasteiger partial charge on any atom is 0.261 e. The number of nitrogens with one attached hydrogen (secondary N) is 2. The number of anilines is 2. The summed E-state index contributed by atoms with van der Waals surface area (Å²) in [5, 5.41) is 3.31. The zero-order valence-corrected chi connectivity index (χ0v) is 13.3. The third-order valence-corrected chi connectivity index (χ3v) is 5.04. The van der Waals surface area contributed by atoms with Crippen LogP contribution in [-0.4, -0.2) is 21.6 Å². The number of ether oxygens (including phenoxy) is 1. The zero-order valence-electron chi connectivity index (χ0n) is 12.5. The number of benzene rings is 2. The quantitative estimate of drug-likeness (QED) is 0.909. The number of rotatable bonds is 4. The summed E-state index contributed by atoms with van der Waals surface area (Å²) in [4.78, 5) is 0.276. The minimum atomic E-state index is -3.59. The van der Waals surface area contributed by atoms with Gasteiger partial charge in [0.25, 0.3) is 10.0 Å². The van der Waals surface area contributed by atoms with E-state index in [2.05, 4.69) is 17.0 Å². The first-order valence-corrected chi connectivity index (χ1v) is 8.52. The van der Waals surface area contributed by atoms with Crippen molar-refractivity contribution in [2.45, 2.75) is 24.3 Å². The largest absolute Gasteiger partial charge is 0.497 e. The molecule has 5 nitrogen and oxygen atoms in total. The van der Waals surface area contributed by atoms with Crippen LogP contribution in [0.15, 0.2) is 47.4 Å². The first-order valence-electron chi connectivity index (χ1n) is 7.04. The van der Waals surface area contributed by atoms with Gasteiger partial charge in [0.15, 0.2) is 0 Å². The fourth-order valence-corrected chi connectivity index (χ4v) is 3.68. The molecule has 1 atom stereocenters. The van der Waals surface area contributed by atoms with Crippen molar-refractivity contribution in [2.24, 2.45) is 0 Å². The molecule has 1 aliphatic rings. The van der Waals surface area contributed by atoms with Gasteiger partial charge in [-0.25, -0.2) is 8.42 Å². The number of methoxy groups -OCH3 is 1. The van der Waals surface area contributed by atoms with Crippen molar-refractivity contribution in [3.8, 4) is 5.75 Å². The molecule has 6 heteroatoms. The molecular weight excluding hydrogens is 300 g/mol. The monoisotopic (exact) mass is 318 g/mol. The van der Waals surface area contributed by atoms with Crippen LogP contribution in [0, 0.1) is 0 Å². The molecule has 2 aromatic rings. The number of fused-ring (bicyclic) bond motifs is 1. The summed E-state index contributed by atoms with van der Waals surface area (Å²) in [5.41, 5.74) is 2.55. The van der Waals surface area contributed by atoms with Crippen LogP contribution in [0.5, 0.6) is 5.75 Å². The molecule has 0 radical (unpaired) electrons. The second-order valence-corrected chi connectivity index (χ2v) is 7.08. The molecule has 2 N–H and O–H groups in total. The van der Waals surface area contributed by atoms with Crippen LogP contribution in [0.2, 0.25) is 0 Å². The highest BCUT2D eigenvalue weighted by atomic mass is 32.2. The van der Waals surface area contributed by atoms with Gasteiger partial charge in [0.05, 0.1) is 12.0 Å². The van der Waals surface area contributed by atoms with Crippen LogP contribution in [0.1, 0.15) is 12.5 Å². The molecule has 0 bridgehead atoms. The van der Waals surface area contributed by atoms with Gasteiger partial charge < -0.3 is 10.1 Å². The maximum atomic E-state index is 12.5. The summed E-state index contributed by atoms with van der Waals surface area (Å²) in [7, 11) is -2.02. The molecule has 1 aliphatic heterocycles. The molecule has 3 rings (SSSR count). The zero-order chi connectivity index (χ0) is 15.7. The molecule has 0 saturated heterocycles. The molecule has 0 spiro atoms. The SMILES string of the molecule is COc1ccc(NS(=O)(=O)c2ccc3c(c2)C[C@@H](C)N3)cc1. The molecule has 0 amide bonds. The minimum Gasteiger partial charge on any atom is -0.497 e. The number of hydrogen-bond acceptors (Lipinski definition) is 4. The smallest absolute Gasteiger partial charge is 0.261 e. The highest BCUT2D eigenvalue weighted by molar-refractivity contribution is 7.92. The average molecular weight is 318 g/mol. The van der Waals surface area contributed by atoms with Gasteiger partial charge in [0, 0.05) is 17.4 Å². The van der Waals surface area contributed by atoms with Crippen molar-refractivity contribution in [1.82, 2.24) is 0 Å². The molecule has 22 heavy (non-hydrogen) atoms. The van der Waals surface area contributed by atoms with E-state index in [1.54, 1.807) is 43.5 Å². The van der Waals surface area contributed by atoms with E-state index in [0.29, 0.717) is 17.5 Å². The standard InChI is InChI=1S/C16H18N2O3S/c1-11-9-12-10-15(7-8-16(12)17-11)22(19,20)18-13-3-5-14(21-2)6-4-13/h3-8,10-11,17-18H,9H2,1-2H3/t11-/m1/s1. The lowest BCUT2D eigenvalue weighted by atomic mass is 10.1. The first-order chi connectivity index (χ1) is 10.5. The molecule has 0 saturated carbocycles. The fraction of sp³-hybridized carbons (Fsp3) is 0.250. The predicted molar refractivity (Wildman–Crippen MR) is 87.0 cm³/mol. The van der Waals surface area contributed by atoms with Crippen LogP contribution in [0.4, 0.5) is 11.4 Å². The minimum absolute atomic E-state index is 0.276. The molecule has 116 valence electrons. The first kappa shape index (κ1) is 14.7. The highest BCUT2D eigenvalue weighted by Crippen LogP contribution is 2.29. The maximum absolute atomic E-state index is 12.5. The fourth-order valence-electron chi connectivity index (χ4n) is 2.57. The molecule has 0 aromatic heterocycles. The van der Waals surface area contributed by atoms with Gasteiger partial charge in [-0.1, -0.05) is 0 Å². The lowest BCUT2D eigenvalue weighted by molar-refractivity contribution is 0.415. The van der Waals surface area contributed by atoms with Crippen LogP contribution in [-0.2, 0) is 16.4 Å². The van der Waals surface area contributed by atoms with E-state index >= 15 is 0 Å². The van der Waals surface area contributed by atoms with E-state index in [-0.39, 0.29) is 4.90 Å². The van der Waals surface area contributed by atoms with Crippen LogP contribution in [0.25, 0.3) is 0 Å². The molecule has 1 heterocycles. The molecule has 0 fully saturated rings. The Balaban J connectivity index is 1.85. The number of sulfonamides is 1. The Hall–Kier alpha value is -2.21. The van der Waals surface area contributed by atoms with Crippen LogP contribution >= 0.6 is 0 Å². The van der Waals surface area contributed by atoms with Crippen molar-refractivity contribution in [1.29, 1.82) is 0 Å². The molecule has 0 aliphatic carbocycles. The Morgan fingerprint density at radius 1 is 1.18 bits per heavy atom. The van der Waals surface area contributed by atoms with Crippen LogP contribution < -0.4 is 14.8 Å². The van der Waals surface area contributed by atoms with Gasteiger partial charge >= 0.3 is 0 Å². The molecule has 2 aromatic carbocycles. The Bertz CT molecular complexity index is 786. The van der Waals surface area contributed by atoms with Crippen molar-refractivity contribution < 1.29 is 13.2 Å². The second-order valence-electron chi connectivity index (χ2n) is 5.40. The third-order valence-electron chi connectivity index (χ3n) is 3.66. The summed E-state index contributed by atoms with van der Waals surface area (Å²) in [6.45, 7) is 2.07. The average Bonchev–Trinajstić information content (AvgIpc) is 2.86. The summed E-state index contributed by atoms with van der Waals surface area (Å²) in [6.07, 6.45) is 0.835. The Morgan fingerprint density at radius 2 is 1.91 bits per heavy atom. The Kier molecular flexibility index (Phi) is 3.70. The summed E-state index contributed by atoms with van der Waals surface area (Å²) in [6, 6.07) is 12.3. The predicted octanol–water partition coefficient (Wildman–Crippen LogP) is 2.85. The van der Waals surface area contributed by atoms with Crippen molar-refractivity contribution >= 4 is 21.4 Å². The van der Waals surface area contributed by atoms with Gasteiger partial charge in [-0.05, 0) is 61.4 Å². The van der Waals surface area contributed by atoms with Crippen molar-refractivity contribution in [3.63, 3.8) is 0 Å². The Morgan fingerprint density at radius 3 is 2.59 bits per heavy atom. The number of hydrogen-bond donors (Lipinski definition) is 2. The van der Waals surface area contributed by atoms with Gasteiger partial charge in [0.2, 0.25) is 0 Å². The highest BCUT2D eigenvalue weighted by Gasteiger charge is 2.21. The van der Waals surface area contributed by atoms with E-state index in [4.69, 9.17) is 4.74 Å². The van der Waals surface area contributed by atoms with E-state index in [1.165, 1.54) is 0 Å². The Labute approximate surface area is 130 Å². The summed E-state index contributed by atoms with van der Waals surface area (Å²) < 4.78 is 32.6. The van der Waals surface area contributed by atoms with E-state index < -0.39 is 10.0 Å². The van der Waals surface area contributed by atoms with E-state index in [9.17, 15) is 8.42 Å². The molecule has 0 unspecified atom stereocenters. The third kappa shape index (κ3) is 2.87. The van der Waals surface area contributed by atoms with Gasteiger partial charge in [-0.3, -0.25) is 4.72 Å². The van der Waals surface area contributed by atoms with Crippen molar-refractivity contribution in [2.75, 3.05) is 17.1 Å². The van der Waals surface area contributed by atoms with Gasteiger partial charge in [0.1, 0.15) is 5.75 Å². The van der Waals surface area contributed by atoms with E-state index in [1.807, 2.05) is 6.07 Å².